The van der Waals surface area contributed by atoms with Crippen LogP contribution >= 0.6 is 0 Å². The van der Waals surface area contributed by atoms with Crippen LogP contribution in [0.15, 0.2) is 24.3 Å². The van der Waals surface area contributed by atoms with Gasteiger partial charge in [0.1, 0.15) is 38.8 Å². The Labute approximate surface area is 157 Å². The molecule has 0 bridgehead atoms. The number of hydrogen-bond donors (Lipinski definition) is 3. The van der Waals surface area contributed by atoms with E-state index in [2.05, 4.69) is 5.32 Å². The lowest BCUT2D eigenvalue weighted by Crippen LogP contribution is -3.30. The van der Waals surface area contributed by atoms with Crippen LogP contribution in [0.2, 0.25) is 0 Å². The van der Waals surface area contributed by atoms with E-state index in [1.54, 1.807) is 0 Å². The molecule has 2 heterocycles. The first-order valence-corrected chi connectivity index (χ1v) is 9.61. The van der Waals surface area contributed by atoms with Crippen LogP contribution in [0.5, 0.6) is 0 Å². The molecule has 1 aromatic carbocycles. The lowest BCUT2D eigenvalue weighted by molar-refractivity contribution is -1.02. The largest absolute Gasteiger partial charge is 0.416 e. The van der Waals surface area contributed by atoms with Crippen molar-refractivity contribution >= 4 is 11.6 Å². The molecule has 1 aromatic rings. The molecule has 3 N–H and O–H groups in total. The number of nitrogens with one attached hydrogen (secondary N) is 3. The van der Waals surface area contributed by atoms with Gasteiger partial charge in [0.05, 0.1) is 5.56 Å². The standard InChI is InChI=1S/C19H26F3N3O2/c1-14(18(26)23-16-6-4-15(5-7-16)19(20,21)22)25-10-8-24(9-11-25)13-17-3-2-12-27-17/h4-7,14,17H,2-3,8-13H2,1H3,(H,23,26)/p+2/t14-,17+/m1/s1. The lowest BCUT2D eigenvalue weighted by atomic mass is 10.1. The minimum atomic E-state index is -4.37. The first kappa shape index (κ1) is 20.1. The predicted octanol–water partition coefficient (Wildman–Crippen LogP) is -0.00520. The number of halogens is 3. The summed E-state index contributed by atoms with van der Waals surface area (Å²) in [5.74, 6) is -0.160. The van der Waals surface area contributed by atoms with Crippen LogP contribution in [0.1, 0.15) is 25.3 Å². The summed E-state index contributed by atoms with van der Waals surface area (Å²) in [4.78, 5) is 15.2. The van der Waals surface area contributed by atoms with Crippen molar-refractivity contribution in [1.82, 2.24) is 0 Å². The van der Waals surface area contributed by atoms with Gasteiger partial charge in [-0.15, -0.1) is 0 Å². The number of ether oxygens (including phenoxy) is 1. The van der Waals surface area contributed by atoms with Crippen molar-refractivity contribution in [3.63, 3.8) is 0 Å². The van der Waals surface area contributed by atoms with Crippen molar-refractivity contribution in [3.05, 3.63) is 29.8 Å². The van der Waals surface area contributed by atoms with Crippen molar-refractivity contribution < 1.29 is 32.5 Å². The molecule has 27 heavy (non-hydrogen) atoms. The Hall–Kier alpha value is -1.64. The predicted molar refractivity (Wildman–Crippen MR) is 94.8 cm³/mol. The number of rotatable bonds is 5. The van der Waals surface area contributed by atoms with Crippen LogP contribution in [-0.2, 0) is 15.7 Å². The molecule has 1 amide bonds. The molecule has 0 aromatic heterocycles. The number of alkyl halides is 3. The molecule has 2 aliphatic rings. The van der Waals surface area contributed by atoms with Gasteiger partial charge >= 0.3 is 6.18 Å². The fourth-order valence-electron chi connectivity index (χ4n) is 3.87. The molecule has 0 aliphatic carbocycles. The second-order valence-electron chi connectivity index (χ2n) is 7.53. The fraction of sp³-hybridized carbons (Fsp3) is 0.632. The molecule has 3 rings (SSSR count). The number of hydrogen-bond acceptors (Lipinski definition) is 2. The second-order valence-corrected chi connectivity index (χ2v) is 7.53. The summed E-state index contributed by atoms with van der Waals surface area (Å²) >= 11 is 0. The van der Waals surface area contributed by atoms with Crippen LogP contribution in [0, 0.1) is 0 Å². The lowest BCUT2D eigenvalue weighted by Gasteiger charge is -2.33. The zero-order valence-corrected chi connectivity index (χ0v) is 15.6. The summed E-state index contributed by atoms with van der Waals surface area (Å²) < 4.78 is 43.5. The van der Waals surface area contributed by atoms with Gasteiger partial charge < -0.3 is 19.9 Å². The smallest absolute Gasteiger partial charge is 0.372 e. The van der Waals surface area contributed by atoms with Gasteiger partial charge in [0.15, 0.2) is 6.04 Å². The summed E-state index contributed by atoms with van der Waals surface area (Å²) in [6.45, 7) is 7.61. The Morgan fingerprint density at radius 1 is 1.22 bits per heavy atom. The number of piperazine rings is 1. The van der Waals surface area contributed by atoms with Crippen LogP contribution in [-0.4, -0.2) is 57.4 Å². The Bertz CT molecular complexity index is 622. The van der Waals surface area contributed by atoms with Crippen molar-refractivity contribution in [2.24, 2.45) is 0 Å². The average Bonchev–Trinajstić information content (AvgIpc) is 3.14. The summed E-state index contributed by atoms with van der Waals surface area (Å²) in [6.07, 6.45) is -1.70. The zero-order valence-electron chi connectivity index (χ0n) is 15.6. The quantitative estimate of drug-likeness (QED) is 0.666. The molecular formula is C19H28F3N3O2+2. The molecule has 2 aliphatic heterocycles. The Balaban J connectivity index is 1.46. The van der Waals surface area contributed by atoms with Gasteiger partial charge in [-0.1, -0.05) is 0 Å². The normalized spacial score (nSPS) is 27.3. The van der Waals surface area contributed by atoms with Crippen LogP contribution < -0.4 is 15.1 Å². The highest BCUT2D eigenvalue weighted by atomic mass is 19.4. The number of carbonyl (C=O) groups excluding carboxylic acids is 1. The summed E-state index contributed by atoms with van der Waals surface area (Å²) in [5, 5.41) is 2.73. The van der Waals surface area contributed by atoms with Gasteiger partial charge in [-0.25, -0.2) is 0 Å². The molecule has 5 nitrogen and oxygen atoms in total. The monoisotopic (exact) mass is 387 g/mol. The maximum Gasteiger partial charge on any atom is 0.416 e. The Kier molecular flexibility index (Phi) is 6.39. The van der Waals surface area contributed by atoms with Crippen molar-refractivity contribution in [1.29, 1.82) is 0 Å². The van der Waals surface area contributed by atoms with E-state index in [4.69, 9.17) is 4.74 Å². The van der Waals surface area contributed by atoms with E-state index in [9.17, 15) is 18.0 Å². The topological polar surface area (TPSA) is 47.2 Å². The number of anilines is 1. The third-order valence-corrected chi connectivity index (χ3v) is 5.63. The summed E-state index contributed by atoms with van der Waals surface area (Å²) in [6, 6.07) is 4.33. The highest BCUT2D eigenvalue weighted by Crippen LogP contribution is 2.29. The number of amides is 1. The van der Waals surface area contributed by atoms with Crippen molar-refractivity contribution in [2.75, 3.05) is 44.6 Å². The van der Waals surface area contributed by atoms with E-state index >= 15 is 0 Å². The molecular weight excluding hydrogens is 359 g/mol. The maximum absolute atomic E-state index is 12.6. The van der Waals surface area contributed by atoms with Crippen LogP contribution in [0.3, 0.4) is 0 Å². The van der Waals surface area contributed by atoms with E-state index in [1.807, 2.05) is 6.92 Å². The Morgan fingerprint density at radius 2 is 1.89 bits per heavy atom. The highest BCUT2D eigenvalue weighted by Gasteiger charge is 2.33. The van der Waals surface area contributed by atoms with E-state index in [0.717, 1.165) is 64.3 Å². The molecule has 2 atom stereocenters. The molecule has 2 fully saturated rings. The number of benzene rings is 1. The summed E-state index contributed by atoms with van der Waals surface area (Å²) in [7, 11) is 0. The molecule has 0 spiro atoms. The number of carbonyl (C=O) groups is 1. The van der Waals surface area contributed by atoms with Gasteiger partial charge in [-0.3, -0.25) is 4.79 Å². The first-order chi connectivity index (χ1) is 12.8. The highest BCUT2D eigenvalue weighted by molar-refractivity contribution is 5.93. The molecule has 0 radical (unpaired) electrons. The SMILES string of the molecule is C[C@H](C(=O)Nc1ccc(C(F)(F)F)cc1)[NH+]1CC[NH+](C[C@@H]2CCCO2)CC1. The molecule has 8 heteroatoms. The van der Waals surface area contributed by atoms with E-state index < -0.39 is 11.7 Å². The van der Waals surface area contributed by atoms with Crippen molar-refractivity contribution in [2.45, 2.75) is 38.1 Å². The van der Waals surface area contributed by atoms with Gasteiger partial charge in [0.25, 0.3) is 5.91 Å². The first-order valence-electron chi connectivity index (χ1n) is 9.61. The van der Waals surface area contributed by atoms with Crippen molar-refractivity contribution in [3.8, 4) is 0 Å². The third kappa shape index (κ3) is 5.43. The Morgan fingerprint density at radius 3 is 2.44 bits per heavy atom. The zero-order chi connectivity index (χ0) is 19.4. The van der Waals surface area contributed by atoms with Crippen LogP contribution in [0.25, 0.3) is 0 Å². The molecule has 150 valence electrons. The van der Waals surface area contributed by atoms with E-state index in [-0.39, 0.29) is 11.9 Å². The fourth-order valence-corrected chi connectivity index (χ4v) is 3.87. The van der Waals surface area contributed by atoms with Gasteiger partial charge in [-0.2, -0.15) is 13.2 Å². The summed E-state index contributed by atoms with van der Waals surface area (Å²) in [5.41, 5.74) is -0.327. The minimum absolute atomic E-state index is 0.160. The second kappa shape index (κ2) is 8.58. The molecule has 0 saturated carbocycles. The van der Waals surface area contributed by atoms with E-state index in [1.165, 1.54) is 21.9 Å². The van der Waals surface area contributed by atoms with Gasteiger partial charge in [-0.05, 0) is 44.0 Å². The third-order valence-electron chi connectivity index (χ3n) is 5.63. The molecule has 2 saturated heterocycles. The van der Waals surface area contributed by atoms with E-state index in [0.29, 0.717) is 11.8 Å². The average molecular weight is 387 g/mol. The minimum Gasteiger partial charge on any atom is -0.372 e. The maximum atomic E-state index is 12.6. The molecule has 0 unspecified atom stereocenters. The number of quaternary nitrogens is 2. The van der Waals surface area contributed by atoms with Gasteiger partial charge in [0, 0.05) is 12.3 Å². The van der Waals surface area contributed by atoms with Crippen LogP contribution in [0.4, 0.5) is 18.9 Å². The van der Waals surface area contributed by atoms with Gasteiger partial charge in [0.2, 0.25) is 0 Å².